The van der Waals surface area contributed by atoms with E-state index in [9.17, 15) is 9.59 Å². The van der Waals surface area contributed by atoms with Crippen LogP contribution in [0.2, 0.25) is 0 Å². The van der Waals surface area contributed by atoms with Crippen molar-refractivity contribution in [2.45, 2.75) is 18.9 Å². The molecule has 2 bridgehead atoms. The Morgan fingerprint density at radius 1 is 1.04 bits per heavy atom. The van der Waals surface area contributed by atoms with Gasteiger partial charge in [-0.25, -0.2) is 0 Å². The number of nitrogens with zero attached hydrogens (tertiary/aromatic N) is 2. The molecule has 4 heterocycles. The largest absolute Gasteiger partial charge is 0.454 e. The second-order valence-electron chi connectivity index (χ2n) is 6.98. The number of fused-ring (bicyclic) bond motifs is 5. The molecule has 0 spiro atoms. The molecule has 0 unspecified atom stereocenters. The van der Waals surface area contributed by atoms with Crippen molar-refractivity contribution in [3.05, 3.63) is 58.0 Å². The van der Waals surface area contributed by atoms with Gasteiger partial charge >= 0.3 is 0 Å². The van der Waals surface area contributed by atoms with Gasteiger partial charge in [-0.05, 0) is 36.6 Å². The zero-order valence-electron chi connectivity index (χ0n) is 13.7. The third kappa shape index (κ3) is 2.32. The summed E-state index contributed by atoms with van der Waals surface area (Å²) in [5, 5.41) is 0. The van der Waals surface area contributed by atoms with E-state index in [4.69, 9.17) is 9.47 Å². The van der Waals surface area contributed by atoms with E-state index in [2.05, 4.69) is 0 Å². The molecule has 3 aliphatic heterocycles. The molecule has 1 aromatic heterocycles. The van der Waals surface area contributed by atoms with E-state index < -0.39 is 0 Å². The van der Waals surface area contributed by atoms with Crippen LogP contribution < -0.4 is 15.0 Å². The molecular formula is C19H18N2O4. The van der Waals surface area contributed by atoms with Crippen molar-refractivity contribution in [3.8, 4) is 11.5 Å². The molecule has 0 N–H and O–H groups in total. The van der Waals surface area contributed by atoms with Crippen molar-refractivity contribution >= 4 is 5.91 Å². The normalized spacial score (nSPS) is 23.3. The van der Waals surface area contributed by atoms with Gasteiger partial charge in [-0.1, -0.05) is 6.07 Å². The maximum absolute atomic E-state index is 13.0. The van der Waals surface area contributed by atoms with Gasteiger partial charge in [0.1, 0.15) is 0 Å². The van der Waals surface area contributed by atoms with Crippen LogP contribution in [0.25, 0.3) is 0 Å². The maximum Gasteiger partial charge on any atom is 0.254 e. The predicted molar refractivity (Wildman–Crippen MR) is 90.0 cm³/mol. The Balaban J connectivity index is 1.43. The van der Waals surface area contributed by atoms with Gasteiger partial charge in [0.25, 0.3) is 11.5 Å². The lowest BCUT2D eigenvalue weighted by molar-refractivity contribution is 0.0594. The molecule has 1 amide bonds. The number of hydrogen-bond donors (Lipinski definition) is 0. The van der Waals surface area contributed by atoms with Gasteiger partial charge in [0.15, 0.2) is 11.5 Å². The molecule has 25 heavy (non-hydrogen) atoms. The first-order valence-electron chi connectivity index (χ1n) is 8.58. The van der Waals surface area contributed by atoms with Gasteiger partial charge in [0.05, 0.1) is 0 Å². The Kier molecular flexibility index (Phi) is 3.13. The van der Waals surface area contributed by atoms with Gasteiger partial charge in [-0.3, -0.25) is 9.59 Å². The highest BCUT2D eigenvalue weighted by Gasteiger charge is 2.36. The number of carbonyl (C=O) groups excluding carboxylic acids is 1. The van der Waals surface area contributed by atoms with Crippen LogP contribution in [-0.4, -0.2) is 35.3 Å². The Labute approximate surface area is 144 Å². The predicted octanol–water partition coefficient (Wildman–Crippen LogP) is 1.84. The lowest BCUT2D eigenvalue weighted by Crippen LogP contribution is -2.49. The highest BCUT2D eigenvalue weighted by atomic mass is 16.7. The first-order valence-corrected chi connectivity index (χ1v) is 8.58. The van der Waals surface area contributed by atoms with E-state index in [-0.39, 0.29) is 24.2 Å². The fraction of sp³-hybridized carbons (Fsp3) is 0.368. The van der Waals surface area contributed by atoms with Crippen LogP contribution in [0.3, 0.4) is 0 Å². The molecule has 1 saturated heterocycles. The van der Waals surface area contributed by atoms with E-state index >= 15 is 0 Å². The summed E-state index contributed by atoms with van der Waals surface area (Å²) in [6, 6.07) is 10.8. The van der Waals surface area contributed by atoms with Crippen LogP contribution >= 0.6 is 0 Å². The van der Waals surface area contributed by atoms with E-state index in [1.54, 1.807) is 24.3 Å². The minimum atomic E-state index is 0.0136. The molecule has 1 fully saturated rings. The molecule has 5 rings (SSSR count). The van der Waals surface area contributed by atoms with Crippen molar-refractivity contribution in [3.63, 3.8) is 0 Å². The molecule has 6 nitrogen and oxygen atoms in total. The Bertz CT molecular complexity index is 920. The van der Waals surface area contributed by atoms with E-state index in [0.717, 1.165) is 12.1 Å². The number of benzene rings is 1. The van der Waals surface area contributed by atoms with Crippen LogP contribution in [0.15, 0.2) is 41.2 Å². The number of aromatic nitrogens is 1. The number of rotatable bonds is 1. The molecule has 128 valence electrons. The molecular weight excluding hydrogens is 320 g/mol. The van der Waals surface area contributed by atoms with Crippen molar-refractivity contribution in [1.82, 2.24) is 9.47 Å². The number of piperidine rings is 1. The molecule has 1 aromatic carbocycles. The zero-order chi connectivity index (χ0) is 17.0. The molecule has 0 saturated carbocycles. The third-order valence-electron chi connectivity index (χ3n) is 5.39. The highest BCUT2D eigenvalue weighted by molar-refractivity contribution is 5.95. The summed E-state index contributed by atoms with van der Waals surface area (Å²) in [6.07, 6.45) is 1.04. The van der Waals surface area contributed by atoms with Crippen LogP contribution in [0.4, 0.5) is 0 Å². The van der Waals surface area contributed by atoms with Gasteiger partial charge < -0.3 is 18.9 Å². The maximum atomic E-state index is 13.0. The lowest BCUT2D eigenvalue weighted by atomic mass is 9.83. The Hall–Kier alpha value is -2.76. The highest BCUT2D eigenvalue weighted by Crippen LogP contribution is 2.37. The van der Waals surface area contributed by atoms with Gasteiger partial charge in [-0.2, -0.15) is 0 Å². The third-order valence-corrected chi connectivity index (χ3v) is 5.39. The first kappa shape index (κ1) is 14.6. The Morgan fingerprint density at radius 2 is 1.92 bits per heavy atom. The smallest absolute Gasteiger partial charge is 0.254 e. The summed E-state index contributed by atoms with van der Waals surface area (Å²) in [4.78, 5) is 27.0. The van der Waals surface area contributed by atoms with Crippen LogP contribution in [0, 0.1) is 5.92 Å². The van der Waals surface area contributed by atoms with Crippen LogP contribution in [0.1, 0.15) is 28.4 Å². The minimum Gasteiger partial charge on any atom is -0.454 e. The monoisotopic (exact) mass is 338 g/mol. The summed E-state index contributed by atoms with van der Waals surface area (Å²) < 4.78 is 12.6. The second kappa shape index (κ2) is 5.37. The number of likely N-dealkylation sites (tertiary alicyclic amines) is 1. The summed E-state index contributed by atoms with van der Waals surface area (Å²) in [5.41, 5.74) is 1.73. The number of amides is 1. The average Bonchev–Trinajstić information content (AvgIpc) is 3.09. The topological polar surface area (TPSA) is 60.8 Å². The van der Waals surface area contributed by atoms with Crippen LogP contribution in [-0.2, 0) is 6.54 Å². The first-order chi connectivity index (χ1) is 12.2. The number of hydrogen-bond acceptors (Lipinski definition) is 4. The molecule has 3 aliphatic rings. The number of carbonyl (C=O) groups is 1. The number of ether oxygens (including phenoxy) is 2. The van der Waals surface area contributed by atoms with Crippen molar-refractivity contribution < 1.29 is 14.3 Å². The zero-order valence-corrected chi connectivity index (χ0v) is 13.7. The van der Waals surface area contributed by atoms with Gasteiger partial charge in [0.2, 0.25) is 6.79 Å². The van der Waals surface area contributed by atoms with Crippen molar-refractivity contribution in [2.24, 2.45) is 5.92 Å². The molecule has 6 heteroatoms. The minimum absolute atomic E-state index is 0.0136. The number of pyridine rings is 1. The quantitative estimate of drug-likeness (QED) is 0.796. The van der Waals surface area contributed by atoms with Gasteiger partial charge in [-0.15, -0.1) is 0 Å². The van der Waals surface area contributed by atoms with Crippen molar-refractivity contribution in [1.29, 1.82) is 0 Å². The summed E-state index contributed by atoms with van der Waals surface area (Å²) >= 11 is 0. The molecule has 2 aromatic rings. The van der Waals surface area contributed by atoms with Crippen LogP contribution in [0.5, 0.6) is 11.5 Å². The fourth-order valence-electron chi connectivity index (χ4n) is 4.27. The molecule has 0 radical (unpaired) electrons. The second-order valence-corrected chi connectivity index (χ2v) is 6.98. The van der Waals surface area contributed by atoms with Crippen molar-refractivity contribution in [2.75, 3.05) is 19.9 Å². The molecule has 2 atom stereocenters. The SMILES string of the molecule is O=C(c1ccc2c(c1)OCO2)N1C[C@@H]2C[C@@H](C1)c1cccc(=O)n1C2. The summed E-state index contributed by atoms with van der Waals surface area (Å²) in [5.74, 6) is 1.86. The van der Waals surface area contributed by atoms with E-state index in [1.165, 1.54) is 0 Å². The Morgan fingerprint density at radius 3 is 2.84 bits per heavy atom. The van der Waals surface area contributed by atoms with E-state index in [0.29, 0.717) is 42.6 Å². The summed E-state index contributed by atoms with van der Waals surface area (Å²) in [6.45, 7) is 2.22. The lowest BCUT2D eigenvalue weighted by Gasteiger charge is -2.42. The van der Waals surface area contributed by atoms with Gasteiger partial charge in [0, 0.05) is 42.9 Å². The summed E-state index contributed by atoms with van der Waals surface area (Å²) in [7, 11) is 0. The standard InChI is InChI=1S/C19H18N2O4/c22-18-3-1-2-15-14-6-12(9-21(15)18)8-20(10-14)19(23)13-4-5-16-17(7-13)25-11-24-16/h1-5,7,12,14H,6,8-11H2/t12-,14-/m0/s1. The fourth-order valence-corrected chi connectivity index (χ4v) is 4.27. The average molecular weight is 338 g/mol. The van der Waals surface area contributed by atoms with E-state index in [1.807, 2.05) is 21.6 Å². The molecule has 0 aliphatic carbocycles.